The van der Waals surface area contributed by atoms with Crippen molar-refractivity contribution in [2.45, 2.75) is 57.5 Å². The molecule has 2 fully saturated rings. The van der Waals surface area contributed by atoms with Crippen molar-refractivity contribution < 1.29 is 24.1 Å². The summed E-state index contributed by atoms with van der Waals surface area (Å²) in [5, 5.41) is 15.5. The molecule has 1 aromatic heterocycles. The van der Waals surface area contributed by atoms with E-state index in [9.17, 15) is 14.7 Å². The Morgan fingerprint density at radius 3 is 2.20 bits per heavy atom. The molecular formula is C45H47N5O6. The predicted molar refractivity (Wildman–Crippen MR) is 215 cm³/mol. The van der Waals surface area contributed by atoms with Gasteiger partial charge in [0.05, 0.1) is 29.8 Å². The summed E-state index contributed by atoms with van der Waals surface area (Å²) in [7, 11) is 0. The van der Waals surface area contributed by atoms with Crippen LogP contribution < -0.4 is 21.1 Å². The number of amides is 2. The van der Waals surface area contributed by atoms with Crippen molar-refractivity contribution in [3.05, 3.63) is 160 Å². The van der Waals surface area contributed by atoms with Crippen LogP contribution in [0.25, 0.3) is 11.0 Å². The van der Waals surface area contributed by atoms with Crippen LogP contribution in [0.1, 0.15) is 60.5 Å². The summed E-state index contributed by atoms with van der Waals surface area (Å²) in [6.07, 6.45) is 0.808. The predicted octanol–water partition coefficient (Wildman–Crippen LogP) is 8.06. The maximum atomic E-state index is 12.9. The summed E-state index contributed by atoms with van der Waals surface area (Å²) >= 11 is 0. The fourth-order valence-corrected chi connectivity index (χ4v) is 7.76. The molecule has 11 nitrogen and oxygen atoms in total. The van der Waals surface area contributed by atoms with E-state index in [1.807, 2.05) is 120 Å². The molecule has 6 aromatic rings. The number of para-hydroxylation sites is 3. The van der Waals surface area contributed by atoms with Gasteiger partial charge in [0.25, 0.3) is 0 Å². The smallest absolute Gasteiger partial charge is 0.326 e. The monoisotopic (exact) mass is 753 g/mol. The van der Waals surface area contributed by atoms with E-state index in [4.69, 9.17) is 14.2 Å². The molecule has 2 aliphatic heterocycles. The fourth-order valence-electron chi connectivity index (χ4n) is 7.76. The van der Waals surface area contributed by atoms with Crippen molar-refractivity contribution in [2.75, 3.05) is 25.0 Å². The quantitative estimate of drug-likeness (QED) is 0.105. The van der Waals surface area contributed by atoms with Gasteiger partial charge in [0.15, 0.2) is 6.29 Å². The first kappa shape index (κ1) is 37.2. The lowest BCUT2D eigenvalue weighted by Gasteiger charge is -2.44. The minimum atomic E-state index is -0.597. The van der Waals surface area contributed by atoms with Crippen LogP contribution in [0, 0.1) is 5.92 Å². The van der Waals surface area contributed by atoms with Crippen molar-refractivity contribution in [1.29, 1.82) is 0 Å². The second-order valence-electron chi connectivity index (χ2n) is 14.7. The first-order valence-electron chi connectivity index (χ1n) is 19.3. The molecular weight excluding hydrogens is 707 g/mol. The summed E-state index contributed by atoms with van der Waals surface area (Å²) in [5.41, 5.74) is 6.15. The molecule has 0 spiro atoms. The van der Waals surface area contributed by atoms with E-state index in [-0.39, 0.29) is 42.5 Å². The number of likely N-dealkylation sites (tertiary alicyclic amines) is 1. The van der Waals surface area contributed by atoms with Crippen molar-refractivity contribution in [3.63, 3.8) is 0 Å². The first-order valence-corrected chi connectivity index (χ1v) is 19.3. The highest BCUT2D eigenvalue weighted by atomic mass is 16.7. The SMILES string of the molecule is C[C@@H]1[C@H](CN2CCC(n3c(=O)[nH]c4ccccc43)CC2)O[C@H](c2ccc(CNC(=O)Nc3ccc(Oc4ccccc4)cc3)cc2)O[C@@H]1c1ccc(CO)cc1. The second kappa shape index (κ2) is 17.0. The summed E-state index contributed by atoms with van der Waals surface area (Å²) < 4.78 is 21.2. The lowest BCUT2D eigenvalue weighted by Crippen LogP contribution is -2.47. The van der Waals surface area contributed by atoms with Crippen molar-refractivity contribution >= 4 is 22.8 Å². The maximum Gasteiger partial charge on any atom is 0.326 e. The first-order chi connectivity index (χ1) is 27.4. The summed E-state index contributed by atoms with van der Waals surface area (Å²) in [6.45, 7) is 4.95. The number of piperidine rings is 1. The molecule has 3 heterocycles. The van der Waals surface area contributed by atoms with E-state index in [0.717, 1.165) is 71.5 Å². The number of aliphatic hydroxyl groups excluding tert-OH is 1. The topological polar surface area (TPSA) is 130 Å². The number of imidazole rings is 1. The molecule has 56 heavy (non-hydrogen) atoms. The number of benzene rings is 5. The Kier molecular flexibility index (Phi) is 11.3. The molecule has 8 rings (SSSR count). The van der Waals surface area contributed by atoms with E-state index in [1.165, 1.54) is 0 Å². The van der Waals surface area contributed by atoms with Crippen LogP contribution in [-0.4, -0.2) is 51.3 Å². The molecule has 0 aliphatic carbocycles. The van der Waals surface area contributed by atoms with Gasteiger partial charge < -0.3 is 39.8 Å². The molecule has 288 valence electrons. The Morgan fingerprint density at radius 2 is 1.46 bits per heavy atom. The number of carbonyl (C=O) groups is 1. The Balaban J connectivity index is 0.897. The highest BCUT2D eigenvalue weighted by Crippen LogP contribution is 2.42. The highest BCUT2D eigenvalue weighted by molar-refractivity contribution is 5.89. The van der Waals surface area contributed by atoms with Crippen molar-refractivity contribution in [1.82, 2.24) is 19.8 Å². The van der Waals surface area contributed by atoms with E-state index < -0.39 is 6.29 Å². The molecule has 2 amide bonds. The Bertz CT molecular complexity index is 2270. The lowest BCUT2D eigenvalue weighted by atomic mass is 9.89. The largest absolute Gasteiger partial charge is 0.457 e. The number of fused-ring (bicyclic) bond motifs is 1. The minimum Gasteiger partial charge on any atom is -0.457 e. The number of aliphatic hydroxyl groups is 1. The molecule has 0 radical (unpaired) electrons. The number of anilines is 1. The van der Waals surface area contributed by atoms with E-state index in [1.54, 1.807) is 12.1 Å². The molecule has 0 bridgehead atoms. The second-order valence-corrected chi connectivity index (χ2v) is 14.7. The van der Waals surface area contributed by atoms with E-state index >= 15 is 0 Å². The minimum absolute atomic E-state index is 0.0169. The van der Waals surface area contributed by atoms with Crippen LogP contribution in [0.3, 0.4) is 0 Å². The molecule has 11 heteroatoms. The summed E-state index contributed by atoms with van der Waals surface area (Å²) in [4.78, 5) is 31.1. The number of aromatic nitrogens is 2. The van der Waals surface area contributed by atoms with Gasteiger partial charge in [-0.05, 0) is 78.1 Å². The number of carbonyl (C=O) groups excluding carboxylic acids is 1. The number of H-pyrrole nitrogens is 1. The van der Waals surface area contributed by atoms with Gasteiger partial charge in [0, 0.05) is 49.4 Å². The molecule has 2 aliphatic rings. The number of nitrogens with zero attached hydrogens (tertiary/aromatic N) is 2. The van der Waals surface area contributed by atoms with Crippen LogP contribution in [0.2, 0.25) is 0 Å². The average Bonchev–Trinajstić information content (AvgIpc) is 3.58. The third-order valence-electron chi connectivity index (χ3n) is 10.9. The van der Waals surface area contributed by atoms with Gasteiger partial charge in [0.1, 0.15) is 11.5 Å². The normalized spacial score (nSPS) is 20.5. The summed E-state index contributed by atoms with van der Waals surface area (Å²) in [6, 6.07) is 40.4. The average molecular weight is 754 g/mol. The number of nitrogens with one attached hydrogen (secondary N) is 3. The number of ether oxygens (including phenoxy) is 3. The van der Waals surface area contributed by atoms with Gasteiger partial charge in [-0.2, -0.15) is 0 Å². The van der Waals surface area contributed by atoms with Crippen LogP contribution in [0.5, 0.6) is 11.5 Å². The summed E-state index contributed by atoms with van der Waals surface area (Å²) in [5.74, 6) is 1.48. The number of aromatic amines is 1. The van der Waals surface area contributed by atoms with Crippen LogP contribution >= 0.6 is 0 Å². The Labute approximate surface area is 325 Å². The van der Waals surface area contributed by atoms with Gasteiger partial charge in [-0.1, -0.05) is 85.8 Å². The maximum absolute atomic E-state index is 12.9. The van der Waals surface area contributed by atoms with E-state index in [0.29, 0.717) is 18.0 Å². The number of hydrogen-bond donors (Lipinski definition) is 4. The van der Waals surface area contributed by atoms with Crippen molar-refractivity contribution in [3.8, 4) is 11.5 Å². The highest BCUT2D eigenvalue weighted by Gasteiger charge is 2.39. The van der Waals surface area contributed by atoms with Gasteiger partial charge in [-0.25, -0.2) is 9.59 Å². The molecule has 5 aromatic carbocycles. The zero-order valence-electron chi connectivity index (χ0n) is 31.3. The molecule has 4 atom stereocenters. The number of urea groups is 1. The van der Waals surface area contributed by atoms with Crippen LogP contribution in [-0.2, 0) is 22.6 Å². The van der Waals surface area contributed by atoms with Crippen LogP contribution in [0.15, 0.2) is 132 Å². The van der Waals surface area contributed by atoms with Crippen molar-refractivity contribution in [2.24, 2.45) is 5.92 Å². The molecule has 2 saturated heterocycles. The lowest BCUT2D eigenvalue weighted by molar-refractivity contribution is -0.276. The Hall–Kier alpha value is -5.72. The third-order valence-corrected chi connectivity index (χ3v) is 10.9. The van der Waals surface area contributed by atoms with Crippen LogP contribution in [0.4, 0.5) is 10.5 Å². The number of rotatable bonds is 11. The van der Waals surface area contributed by atoms with Gasteiger partial charge in [0.2, 0.25) is 0 Å². The van der Waals surface area contributed by atoms with Gasteiger partial charge >= 0.3 is 11.7 Å². The fraction of sp³-hybridized carbons (Fsp3) is 0.289. The zero-order valence-corrected chi connectivity index (χ0v) is 31.3. The molecule has 4 N–H and O–H groups in total. The number of hydrogen-bond acceptors (Lipinski definition) is 7. The molecule has 0 saturated carbocycles. The Morgan fingerprint density at radius 1 is 0.804 bits per heavy atom. The zero-order chi connectivity index (χ0) is 38.4. The van der Waals surface area contributed by atoms with Gasteiger partial charge in [-0.3, -0.25) is 4.57 Å². The van der Waals surface area contributed by atoms with E-state index in [2.05, 4.69) is 27.4 Å². The third kappa shape index (κ3) is 8.56. The molecule has 0 unspecified atom stereocenters. The van der Waals surface area contributed by atoms with Gasteiger partial charge in [-0.15, -0.1) is 0 Å². The standard InChI is InChI=1S/C45H47N5O6/c1-30-41(28-49-25-23-36(24-26-49)50-40-10-6-5-9-39(40)48-45(50)53)55-43(56-42(30)33-15-13-32(29-51)14-16-33)34-17-11-31(12-18-34)27-46-44(52)47-35-19-21-38(22-20-35)54-37-7-3-2-4-8-37/h2-22,30,36,41-43,51H,23-29H2,1H3,(H,48,53)(H2,46,47,52)/t30-,41+,42+,43+/m1/s1.